The van der Waals surface area contributed by atoms with Crippen LogP contribution < -0.4 is 5.32 Å². The summed E-state index contributed by atoms with van der Waals surface area (Å²) < 4.78 is 0. The minimum atomic E-state index is -0.902. The molecule has 17 heavy (non-hydrogen) atoms. The number of benzene rings is 1. The number of nitrogens with one attached hydrogen (secondary N) is 1. The standard InChI is InChI=1S/C13H17NO3/c1-10(9-13(16)17)14-12(15)8-7-11-5-3-2-4-6-11/h2-6,10H,7-9H2,1H3,(H,14,15)(H,16,17). The summed E-state index contributed by atoms with van der Waals surface area (Å²) in [5, 5.41) is 11.2. The van der Waals surface area contributed by atoms with E-state index in [-0.39, 0.29) is 18.4 Å². The molecule has 0 saturated heterocycles. The molecule has 4 heteroatoms. The van der Waals surface area contributed by atoms with Gasteiger partial charge >= 0.3 is 5.97 Å². The number of carboxylic acids is 1. The van der Waals surface area contributed by atoms with Crippen molar-refractivity contribution in [1.29, 1.82) is 0 Å². The summed E-state index contributed by atoms with van der Waals surface area (Å²) in [6, 6.07) is 9.40. The number of carbonyl (C=O) groups is 2. The largest absolute Gasteiger partial charge is 0.481 e. The first-order valence-electron chi connectivity index (χ1n) is 5.63. The predicted octanol–water partition coefficient (Wildman–Crippen LogP) is 1.60. The maximum Gasteiger partial charge on any atom is 0.305 e. The Morgan fingerprint density at radius 1 is 1.29 bits per heavy atom. The van der Waals surface area contributed by atoms with Crippen LogP contribution in [0.2, 0.25) is 0 Å². The molecule has 0 radical (unpaired) electrons. The first kappa shape index (κ1) is 13.2. The van der Waals surface area contributed by atoms with Crippen molar-refractivity contribution < 1.29 is 14.7 Å². The highest BCUT2D eigenvalue weighted by Crippen LogP contribution is 2.02. The van der Waals surface area contributed by atoms with Gasteiger partial charge in [0, 0.05) is 12.5 Å². The quantitative estimate of drug-likeness (QED) is 0.787. The van der Waals surface area contributed by atoms with E-state index in [1.165, 1.54) is 0 Å². The second kappa shape index (κ2) is 6.68. The maximum atomic E-state index is 11.5. The number of aryl methyl sites for hydroxylation is 1. The molecule has 1 aromatic rings. The van der Waals surface area contributed by atoms with Gasteiger partial charge in [0.2, 0.25) is 5.91 Å². The molecule has 0 aliphatic heterocycles. The maximum absolute atomic E-state index is 11.5. The summed E-state index contributed by atoms with van der Waals surface area (Å²) in [5.74, 6) is -1.01. The molecule has 1 unspecified atom stereocenters. The average Bonchev–Trinajstić information content (AvgIpc) is 2.26. The van der Waals surface area contributed by atoms with Crippen LogP contribution in [-0.2, 0) is 16.0 Å². The molecule has 0 aliphatic rings. The van der Waals surface area contributed by atoms with Gasteiger partial charge in [-0.05, 0) is 18.9 Å². The van der Waals surface area contributed by atoms with Crippen LogP contribution in [0.15, 0.2) is 30.3 Å². The zero-order valence-electron chi connectivity index (χ0n) is 9.85. The van der Waals surface area contributed by atoms with Crippen LogP contribution in [-0.4, -0.2) is 23.0 Å². The molecule has 0 saturated carbocycles. The number of hydrogen-bond acceptors (Lipinski definition) is 2. The Bertz CT molecular complexity index is 376. The van der Waals surface area contributed by atoms with Gasteiger partial charge in [0.05, 0.1) is 6.42 Å². The van der Waals surface area contributed by atoms with Crippen LogP contribution in [0.5, 0.6) is 0 Å². The summed E-state index contributed by atoms with van der Waals surface area (Å²) in [6.07, 6.45) is 1.01. The lowest BCUT2D eigenvalue weighted by Crippen LogP contribution is -2.34. The molecule has 1 amide bonds. The molecule has 0 aliphatic carbocycles. The Morgan fingerprint density at radius 2 is 1.94 bits per heavy atom. The van der Waals surface area contributed by atoms with Crippen LogP contribution in [0.25, 0.3) is 0 Å². The molecule has 1 aromatic carbocycles. The minimum Gasteiger partial charge on any atom is -0.481 e. The Balaban J connectivity index is 2.28. The Hall–Kier alpha value is -1.84. The van der Waals surface area contributed by atoms with Gasteiger partial charge in [0.1, 0.15) is 0 Å². The lowest BCUT2D eigenvalue weighted by Gasteiger charge is -2.11. The second-order valence-corrected chi connectivity index (χ2v) is 4.05. The number of aliphatic carboxylic acids is 1. The smallest absolute Gasteiger partial charge is 0.305 e. The Kier molecular flexibility index (Phi) is 5.20. The van der Waals surface area contributed by atoms with E-state index in [1.54, 1.807) is 6.92 Å². The summed E-state index contributed by atoms with van der Waals surface area (Å²) in [5.41, 5.74) is 1.11. The molecule has 4 nitrogen and oxygen atoms in total. The predicted molar refractivity (Wildman–Crippen MR) is 64.6 cm³/mol. The molecule has 0 bridgehead atoms. The SMILES string of the molecule is CC(CC(=O)O)NC(=O)CCc1ccccc1. The highest BCUT2D eigenvalue weighted by atomic mass is 16.4. The monoisotopic (exact) mass is 235 g/mol. The molecule has 0 heterocycles. The normalized spacial score (nSPS) is 11.8. The Morgan fingerprint density at radius 3 is 2.53 bits per heavy atom. The molecular weight excluding hydrogens is 218 g/mol. The van der Waals surface area contributed by atoms with Crippen molar-refractivity contribution in [2.24, 2.45) is 0 Å². The van der Waals surface area contributed by atoms with Crippen molar-refractivity contribution in [3.8, 4) is 0 Å². The van der Waals surface area contributed by atoms with E-state index in [2.05, 4.69) is 5.32 Å². The fraction of sp³-hybridized carbons (Fsp3) is 0.385. The van der Waals surface area contributed by atoms with Crippen molar-refractivity contribution in [2.45, 2.75) is 32.2 Å². The molecule has 1 atom stereocenters. The van der Waals surface area contributed by atoms with Crippen LogP contribution in [0.4, 0.5) is 0 Å². The topological polar surface area (TPSA) is 66.4 Å². The fourth-order valence-corrected chi connectivity index (χ4v) is 1.56. The number of carboxylic acid groups (broad SMARTS) is 1. The van der Waals surface area contributed by atoms with Gasteiger partial charge in [-0.1, -0.05) is 30.3 Å². The third-order valence-electron chi connectivity index (χ3n) is 2.37. The first-order chi connectivity index (χ1) is 8.08. The lowest BCUT2D eigenvalue weighted by molar-refractivity contribution is -0.137. The molecule has 92 valence electrons. The van der Waals surface area contributed by atoms with Crippen molar-refractivity contribution in [1.82, 2.24) is 5.32 Å². The van der Waals surface area contributed by atoms with Crippen LogP contribution in [0, 0.1) is 0 Å². The van der Waals surface area contributed by atoms with Gasteiger partial charge in [-0.25, -0.2) is 0 Å². The van der Waals surface area contributed by atoms with E-state index < -0.39 is 5.97 Å². The Labute approximate surface area is 101 Å². The van der Waals surface area contributed by atoms with E-state index >= 15 is 0 Å². The number of carbonyl (C=O) groups excluding carboxylic acids is 1. The number of amides is 1. The van der Waals surface area contributed by atoms with Gasteiger partial charge < -0.3 is 10.4 Å². The molecule has 2 N–H and O–H groups in total. The summed E-state index contributed by atoms with van der Waals surface area (Å²) in [7, 11) is 0. The van der Waals surface area contributed by atoms with Gasteiger partial charge in [0.15, 0.2) is 0 Å². The molecule has 0 fully saturated rings. The molecule has 1 rings (SSSR count). The van der Waals surface area contributed by atoms with Crippen LogP contribution in [0.1, 0.15) is 25.3 Å². The van der Waals surface area contributed by atoms with Crippen molar-refractivity contribution in [3.05, 3.63) is 35.9 Å². The zero-order valence-corrected chi connectivity index (χ0v) is 9.85. The number of rotatable bonds is 6. The molecular formula is C13H17NO3. The minimum absolute atomic E-state index is 0.0446. The summed E-state index contributed by atoms with van der Waals surface area (Å²) >= 11 is 0. The number of hydrogen-bond donors (Lipinski definition) is 2. The lowest BCUT2D eigenvalue weighted by atomic mass is 10.1. The summed E-state index contributed by atoms with van der Waals surface area (Å²) in [6.45, 7) is 1.69. The highest BCUT2D eigenvalue weighted by Gasteiger charge is 2.10. The van der Waals surface area contributed by atoms with Crippen LogP contribution in [0.3, 0.4) is 0 Å². The van der Waals surface area contributed by atoms with Crippen molar-refractivity contribution in [3.63, 3.8) is 0 Å². The van der Waals surface area contributed by atoms with E-state index in [9.17, 15) is 9.59 Å². The zero-order chi connectivity index (χ0) is 12.7. The first-order valence-corrected chi connectivity index (χ1v) is 5.63. The summed E-state index contributed by atoms with van der Waals surface area (Å²) in [4.78, 5) is 21.9. The van der Waals surface area contributed by atoms with Gasteiger partial charge in [-0.15, -0.1) is 0 Å². The van der Waals surface area contributed by atoms with E-state index in [0.717, 1.165) is 5.56 Å². The van der Waals surface area contributed by atoms with Crippen LogP contribution >= 0.6 is 0 Å². The van der Waals surface area contributed by atoms with E-state index in [1.807, 2.05) is 30.3 Å². The van der Waals surface area contributed by atoms with Gasteiger partial charge in [-0.2, -0.15) is 0 Å². The van der Waals surface area contributed by atoms with E-state index in [4.69, 9.17) is 5.11 Å². The highest BCUT2D eigenvalue weighted by molar-refractivity contribution is 5.77. The van der Waals surface area contributed by atoms with Gasteiger partial charge in [-0.3, -0.25) is 9.59 Å². The third kappa shape index (κ3) is 5.70. The van der Waals surface area contributed by atoms with E-state index in [0.29, 0.717) is 12.8 Å². The third-order valence-corrected chi connectivity index (χ3v) is 2.37. The average molecular weight is 235 g/mol. The van der Waals surface area contributed by atoms with Crippen molar-refractivity contribution >= 4 is 11.9 Å². The molecule has 0 aromatic heterocycles. The molecule has 0 spiro atoms. The fourth-order valence-electron chi connectivity index (χ4n) is 1.56. The second-order valence-electron chi connectivity index (χ2n) is 4.05. The van der Waals surface area contributed by atoms with Gasteiger partial charge in [0.25, 0.3) is 0 Å². The van der Waals surface area contributed by atoms with Crippen molar-refractivity contribution in [2.75, 3.05) is 0 Å².